The van der Waals surface area contributed by atoms with Gasteiger partial charge in [0.2, 0.25) is 0 Å². The summed E-state index contributed by atoms with van der Waals surface area (Å²) < 4.78 is 9.85. The summed E-state index contributed by atoms with van der Waals surface area (Å²) in [6.07, 6.45) is -1.98. The standard InChI is InChI=1S/C13H26N2O5/c1-5-14(6-2)12(17)19-9-11(16)10-20-13(18)15(7-3)8-4/h11,16H,5-10H2,1-4H3. The molecule has 0 radical (unpaired) electrons. The SMILES string of the molecule is CCN(CC)C(=O)OCC(O)COC(=O)N(CC)CC. The van der Waals surface area contributed by atoms with Gasteiger partial charge < -0.3 is 24.4 Å². The first-order valence-corrected chi connectivity index (χ1v) is 7.01. The molecule has 0 aliphatic heterocycles. The summed E-state index contributed by atoms with van der Waals surface area (Å²) in [7, 11) is 0. The van der Waals surface area contributed by atoms with Crippen molar-refractivity contribution in [3.8, 4) is 0 Å². The Morgan fingerprint density at radius 2 is 1.15 bits per heavy atom. The zero-order valence-electron chi connectivity index (χ0n) is 12.8. The fraction of sp³-hybridized carbons (Fsp3) is 0.846. The molecule has 0 unspecified atom stereocenters. The topological polar surface area (TPSA) is 79.3 Å². The smallest absolute Gasteiger partial charge is 0.409 e. The maximum atomic E-state index is 11.5. The third-order valence-corrected chi connectivity index (χ3v) is 2.84. The Labute approximate surface area is 120 Å². The van der Waals surface area contributed by atoms with E-state index in [1.807, 2.05) is 27.7 Å². The van der Waals surface area contributed by atoms with Gasteiger partial charge in [-0.2, -0.15) is 0 Å². The highest BCUT2D eigenvalue weighted by Gasteiger charge is 2.16. The number of carbonyl (C=O) groups excluding carboxylic acids is 2. The van der Waals surface area contributed by atoms with Gasteiger partial charge in [0.05, 0.1) is 0 Å². The quantitative estimate of drug-likeness (QED) is 0.729. The van der Waals surface area contributed by atoms with Gasteiger partial charge in [0.15, 0.2) is 0 Å². The molecule has 1 N–H and O–H groups in total. The van der Waals surface area contributed by atoms with E-state index in [0.717, 1.165) is 0 Å². The molecule has 0 aromatic heterocycles. The summed E-state index contributed by atoms with van der Waals surface area (Å²) in [4.78, 5) is 26.0. The van der Waals surface area contributed by atoms with E-state index in [2.05, 4.69) is 0 Å². The highest BCUT2D eigenvalue weighted by Crippen LogP contribution is 1.98. The molecule has 0 aromatic rings. The Hall–Kier alpha value is -1.50. The van der Waals surface area contributed by atoms with Gasteiger partial charge in [0.1, 0.15) is 19.3 Å². The first kappa shape index (κ1) is 18.5. The lowest BCUT2D eigenvalue weighted by Crippen LogP contribution is -2.36. The Bertz CT molecular complexity index is 262. The summed E-state index contributed by atoms with van der Waals surface area (Å²) >= 11 is 0. The summed E-state index contributed by atoms with van der Waals surface area (Å²) in [6, 6.07) is 0. The summed E-state index contributed by atoms with van der Waals surface area (Å²) in [5, 5.41) is 9.61. The minimum atomic E-state index is -1.02. The molecule has 0 fully saturated rings. The van der Waals surface area contributed by atoms with Crippen molar-refractivity contribution in [3.63, 3.8) is 0 Å². The molecule has 7 heteroatoms. The van der Waals surface area contributed by atoms with Crippen molar-refractivity contribution in [2.75, 3.05) is 39.4 Å². The Balaban J connectivity index is 3.97. The number of hydrogen-bond donors (Lipinski definition) is 1. The van der Waals surface area contributed by atoms with Crippen molar-refractivity contribution < 1.29 is 24.2 Å². The van der Waals surface area contributed by atoms with E-state index < -0.39 is 18.3 Å². The second kappa shape index (κ2) is 10.3. The lowest BCUT2D eigenvalue weighted by molar-refractivity contribution is 0.00660. The van der Waals surface area contributed by atoms with E-state index in [-0.39, 0.29) is 13.2 Å². The molecule has 0 rings (SSSR count). The number of aliphatic hydroxyl groups is 1. The second-order valence-corrected chi connectivity index (χ2v) is 4.15. The number of hydrogen-bond acceptors (Lipinski definition) is 5. The monoisotopic (exact) mass is 290 g/mol. The Morgan fingerprint density at radius 3 is 1.40 bits per heavy atom. The van der Waals surface area contributed by atoms with Crippen LogP contribution in [0, 0.1) is 0 Å². The molecule has 20 heavy (non-hydrogen) atoms. The maximum absolute atomic E-state index is 11.5. The molecule has 0 spiro atoms. The number of carbonyl (C=O) groups is 2. The Morgan fingerprint density at radius 1 is 0.850 bits per heavy atom. The highest BCUT2D eigenvalue weighted by atomic mass is 16.6. The van der Waals surface area contributed by atoms with Gasteiger partial charge in [-0.3, -0.25) is 0 Å². The molecular weight excluding hydrogens is 264 g/mol. The van der Waals surface area contributed by atoms with Crippen molar-refractivity contribution in [1.82, 2.24) is 9.80 Å². The second-order valence-electron chi connectivity index (χ2n) is 4.15. The van der Waals surface area contributed by atoms with Crippen LogP contribution in [0.2, 0.25) is 0 Å². The van der Waals surface area contributed by atoms with E-state index in [9.17, 15) is 14.7 Å². The van der Waals surface area contributed by atoms with Crippen LogP contribution in [-0.4, -0.2) is 72.6 Å². The molecule has 0 saturated heterocycles. The third-order valence-electron chi connectivity index (χ3n) is 2.84. The molecule has 2 amide bonds. The van der Waals surface area contributed by atoms with Gasteiger partial charge >= 0.3 is 12.2 Å². The number of amides is 2. The van der Waals surface area contributed by atoms with Crippen molar-refractivity contribution in [2.24, 2.45) is 0 Å². The first-order chi connectivity index (χ1) is 9.49. The number of rotatable bonds is 8. The van der Waals surface area contributed by atoms with Gasteiger partial charge in [-0.05, 0) is 27.7 Å². The lowest BCUT2D eigenvalue weighted by atomic mass is 10.4. The predicted octanol–water partition coefficient (Wildman–Crippen LogP) is 1.30. The van der Waals surface area contributed by atoms with Gasteiger partial charge in [0.25, 0.3) is 0 Å². The summed E-state index contributed by atoms with van der Waals surface area (Å²) in [5.74, 6) is 0. The summed E-state index contributed by atoms with van der Waals surface area (Å²) in [5.41, 5.74) is 0. The summed E-state index contributed by atoms with van der Waals surface area (Å²) in [6.45, 7) is 9.15. The third kappa shape index (κ3) is 6.60. The van der Waals surface area contributed by atoms with E-state index in [4.69, 9.17) is 9.47 Å². The van der Waals surface area contributed by atoms with Crippen LogP contribution in [0.4, 0.5) is 9.59 Å². The van der Waals surface area contributed by atoms with Gasteiger partial charge in [0, 0.05) is 26.2 Å². The molecule has 0 atom stereocenters. The van der Waals surface area contributed by atoms with Crippen LogP contribution in [0.1, 0.15) is 27.7 Å². The predicted molar refractivity (Wildman–Crippen MR) is 74.5 cm³/mol. The molecule has 0 saturated carbocycles. The maximum Gasteiger partial charge on any atom is 0.409 e. The van der Waals surface area contributed by atoms with Crippen molar-refractivity contribution >= 4 is 12.2 Å². The molecule has 7 nitrogen and oxygen atoms in total. The fourth-order valence-electron chi connectivity index (χ4n) is 1.53. The van der Waals surface area contributed by atoms with E-state index >= 15 is 0 Å². The van der Waals surface area contributed by atoms with E-state index in [1.54, 1.807) is 0 Å². The zero-order chi connectivity index (χ0) is 15.5. The molecule has 0 bridgehead atoms. The van der Waals surface area contributed by atoms with Crippen LogP contribution in [0.3, 0.4) is 0 Å². The van der Waals surface area contributed by atoms with E-state index in [0.29, 0.717) is 26.2 Å². The van der Waals surface area contributed by atoms with Crippen molar-refractivity contribution in [3.05, 3.63) is 0 Å². The fourth-order valence-corrected chi connectivity index (χ4v) is 1.53. The minimum Gasteiger partial charge on any atom is -0.447 e. The first-order valence-electron chi connectivity index (χ1n) is 7.01. The van der Waals surface area contributed by atoms with E-state index in [1.165, 1.54) is 9.80 Å². The molecule has 0 heterocycles. The molecule has 0 aromatic carbocycles. The lowest BCUT2D eigenvalue weighted by Gasteiger charge is -2.21. The number of nitrogens with zero attached hydrogens (tertiary/aromatic N) is 2. The normalized spacial score (nSPS) is 10.3. The Kier molecular flexibility index (Phi) is 9.53. The van der Waals surface area contributed by atoms with Gasteiger partial charge in [-0.1, -0.05) is 0 Å². The van der Waals surface area contributed by atoms with Crippen molar-refractivity contribution in [2.45, 2.75) is 33.8 Å². The molecule has 0 aliphatic carbocycles. The van der Waals surface area contributed by atoms with Crippen LogP contribution in [0.25, 0.3) is 0 Å². The molecule has 0 aliphatic rings. The van der Waals surface area contributed by atoms with Crippen LogP contribution in [0.15, 0.2) is 0 Å². The minimum absolute atomic E-state index is 0.194. The van der Waals surface area contributed by atoms with Gasteiger partial charge in [-0.15, -0.1) is 0 Å². The molecule has 118 valence electrons. The van der Waals surface area contributed by atoms with Crippen LogP contribution >= 0.6 is 0 Å². The zero-order valence-corrected chi connectivity index (χ0v) is 12.8. The number of aliphatic hydroxyl groups excluding tert-OH is 1. The van der Waals surface area contributed by atoms with Crippen LogP contribution < -0.4 is 0 Å². The van der Waals surface area contributed by atoms with Crippen molar-refractivity contribution in [1.29, 1.82) is 0 Å². The largest absolute Gasteiger partial charge is 0.447 e. The highest BCUT2D eigenvalue weighted by molar-refractivity contribution is 5.68. The average Bonchev–Trinajstić information content (AvgIpc) is 2.45. The molecular formula is C13H26N2O5. The van der Waals surface area contributed by atoms with Gasteiger partial charge in [-0.25, -0.2) is 9.59 Å². The van der Waals surface area contributed by atoms with Crippen LogP contribution in [0.5, 0.6) is 0 Å². The average molecular weight is 290 g/mol. The number of ether oxygens (including phenoxy) is 2. The van der Waals surface area contributed by atoms with Crippen LogP contribution in [-0.2, 0) is 9.47 Å².